The maximum absolute atomic E-state index is 12.0. The average Bonchev–Trinajstić information content (AvgIpc) is 3.08. The van der Waals surface area contributed by atoms with Crippen LogP contribution in [0.25, 0.3) is 11.3 Å². The molecule has 5 nitrogen and oxygen atoms in total. The Morgan fingerprint density at radius 1 is 1.13 bits per heavy atom. The van der Waals surface area contributed by atoms with E-state index in [1.807, 2.05) is 55.5 Å². The lowest BCUT2D eigenvalue weighted by molar-refractivity contribution is -0.114. The van der Waals surface area contributed by atoms with Crippen LogP contribution >= 0.6 is 0 Å². The van der Waals surface area contributed by atoms with Gasteiger partial charge in [0.1, 0.15) is 0 Å². The third kappa shape index (κ3) is 3.77. The molecule has 0 radical (unpaired) electrons. The van der Waals surface area contributed by atoms with Gasteiger partial charge in [-0.2, -0.15) is 0 Å². The highest BCUT2D eigenvalue weighted by molar-refractivity contribution is 5.94. The number of aryl methyl sites for hydroxylation is 1. The third-order valence-corrected chi connectivity index (χ3v) is 3.43. The molecule has 1 aromatic heterocycles. The van der Waals surface area contributed by atoms with Gasteiger partial charge in [0.05, 0.1) is 12.7 Å². The number of oxazole rings is 1. The zero-order valence-electron chi connectivity index (χ0n) is 12.7. The maximum atomic E-state index is 12.0. The molecule has 2 aromatic carbocycles. The van der Waals surface area contributed by atoms with Crippen molar-refractivity contribution in [2.75, 3.05) is 17.2 Å². The molecule has 1 amide bonds. The normalized spacial score (nSPS) is 10.3. The molecular formula is C18H17N3O2. The third-order valence-electron chi connectivity index (χ3n) is 3.43. The van der Waals surface area contributed by atoms with Crippen LogP contribution in [0.15, 0.2) is 65.5 Å². The van der Waals surface area contributed by atoms with Crippen molar-refractivity contribution < 1.29 is 9.21 Å². The molecule has 3 aromatic rings. The molecule has 3 rings (SSSR count). The second-order valence-electron chi connectivity index (χ2n) is 5.16. The fourth-order valence-electron chi connectivity index (χ4n) is 2.31. The SMILES string of the molecule is Cc1cc(NC(=O)CNc2ccccc2)ccc1-c1cnco1. The predicted octanol–water partition coefficient (Wildman–Crippen LogP) is 3.70. The molecule has 23 heavy (non-hydrogen) atoms. The molecule has 0 aliphatic rings. The number of nitrogens with one attached hydrogen (secondary N) is 2. The second kappa shape index (κ2) is 6.79. The van der Waals surface area contributed by atoms with E-state index < -0.39 is 0 Å². The summed E-state index contributed by atoms with van der Waals surface area (Å²) in [6, 6.07) is 15.3. The van der Waals surface area contributed by atoms with E-state index in [1.165, 1.54) is 6.39 Å². The summed E-state index contributed by atoms with van der Waals surface area (Å²) < 4.78 is 5.30. The standard InChI is InChI=1S/C18H17N3O2/c1-13-9-15(7-8-16(13)17-10-19-12-23-17)21-18(22)11-20-14-5-3-2-4-6-14/h2-10,12,20H,11H2,1H3,(H,21,22). The number of amides is 1. The van der Waals surface area contributed by atoms with Gasteiger partial charge in [-0.1, -0.05) is 18.2 Å². The Morgan fingerprint density at radius 2 is 1.96 bits per heavy atom. The average molecular weight is 307 g/mol. The van der Waals surface area contributed by atoms with Crippen LogP contribution < -0.4 is 10.6 Å². The van der Waals surface area contributed by atoms with E-state index in [-0.39, 0.29) is 12.5 Å². The summed E-state index contributed by atoms with van der Waals surface area (Å²) in [7, 11) is 0. The quantitative estimate of drug-likeness (QED) is 0.754. The number of para-hydroxylation sites is 1. The second-order valence-corrected chi connectivity index (χ2v) is 5.16. The summed E-state index contributed by atoms with van der Waals surface area (Å²) in [5.74, 6) is 0.617. The highest BCUT2D eigenvalue weighted by Crippen LogP contribution is 2.25. The van der Waals surface area contributed by atoms with Crippen LogP contribution in [0.5, 0.6) is 0 Å². The minimum atomic E-state index is -0.0966. The minimum Gasteiger partial charge on any atom is -0.444 e. The van der Waals surface area contributed by atoms with Gasteiger partial charge in [-0.3, -0.25) is 4.79 Å². The molecule has 0 aliphatic heterocycles. The molecule has 0 saturated heterocycles. The van der Waals surface area contributed by atoms with Crippen molar-refractivity contribution in [3.05, 3.63) is 66.7 Å². The number of hydrogen-bond acceptors (Lipinski definition) is 4. The Bertz CT molecular complexity index is 783. The first-order valence-corrected chi connectivity index (χ1v) is 7.30. The number of carbonyl (C=O) groups is 1. The summed E-state index contributed by atoms with van der Waals surface area (Å²) >= 11 is 0. The number of aromatic nitrogens is 1. The number of nitrogens with zero attached hydrogens (tertiary/aromatic N) is 1. The Labute approximate surface area is 134 Å². The summed E-state index contributed by atoms with van der Waals surface area (Å²) in [5, 5.41) is 5.96. The van der Waals surface area contributed by atoms with E-state index in [2.05, 4.69) is 15.6 Å². The number of anilines is 2. The van der Waals surface area contributed by atoms with Crippen LogP contribution in [0.4, 0.5) is 11.4 Å². The van der Waals surface area contributed by atoms with E-state index in [0.717, 1.165) is 22.5 Å². The Hall–Kier alpha value is -3.08. The van der Waals surface area contributed by atoms with Crippen molar-refractivity contribution >= 4 is 17.3 Å². The van der Waals surface area contributed by atoms with Crippen molar-refractivity contribution in [1.29, 1.82) is 0 Å². The molecule has 0 bridgehead atoms. The van der Waals surface area contributed by atoms with Gasteiger partial charge in [0, 0.05) is 16.9 Å². The molecule has 0 saturated carbocycles. The van der Waals surface area contributed by atoms with Crippen molar-refractivity contribution in [1.82, 2.24) is 4.98 Å². The number of rotatable bonds is 5. The molecule has 1 heterocycles. The van der Waals surface area contributed by atoms with Crippen molar-refractivity contribution in [3.8, 4) is 11.3 Å². The van der Waals surface area contributed by atoms with Gasteiger partial charge in [-0.05, 0) is 42.8 Å². The number of carbonyl (C=O) groups excluding carboxylic acids is 1. The molecule has 0 atom stereocenters. The van der Waals surface area contributed by atoms with Gasteiger partial charge in [0.15, 0.2) is 12.2 Å². The highest BCUT2D eigenvalue weighted by atomic mass is 16.3. The van der Waals surface area contributed by atoms with Gasteiger partial charge in [-0.25, -0.2) is 4.98 Å². The van der Waals surface area contributed by atoms with Crippen LogP contribution in [0.1, 0.15) is 5.56 Å². The van der Waals surface area contributed by atoms with E-state index in [1.54, 1.807) is 6.20 Å². The first-order valence-electron chi connectivity index (χ1n) is 7.30. The smallest absolute Gasteiger partial charge is 0.243 e. The maximum Gasteiger partial charge on any atom is 0.243 e. The fraction of sp³-hybridized carbons (Fsp3) is 0.111. The Morgan fingerprint density at radius 3 is 2.65 bits per heavy atom. The molecule has 116 valence electrons. The summed E-state index contributed by atoms with van der Waals surface area (Å²) in [6.45, 7) is 2.18. The fourth-order valence-corrected chi connectivity index (χ4v) is 2.31. The highest BCUT2D eigenvalue weighted by Gasteiger charge is 2.08. The monoisotopic (exact) mass is 307 g/mol. The van der Waals surface area contributed by atoms with Crippen LogP contribution in [-0.2, 0) is 4.79 Å². The molecule has 0 spiro atoms. The van der Waals surface area contributed by atoms with E-state index in [0.29, 0.717) is 5.76 Å². The predicted molar refractivity (Wildman–Crippen MR) is 90.2 cm³/mol. The summed E-state index contributed by atoms with van der Waals surface area (Å²) in [5.41, 5.74) is 3.64. The van der Waals surface area contributed by atoms with Gasteiger partial charge >= 0.3 is 0 Å². The first kappa shape index (κ1) is 14.8. The van der Waals surface area contributed by atoms with Crippen LogP contribution in [0.3, 0.4) is 0 Å². The Balaban J connectivity index is 1.62. The Kier molecular flexibility index (Phi) is 4.38. The van der Waals surface area contributed by atoms with Crippen LogP contribution in [0, 0.1) is 6.92 Å². The van der Waals surface area contributed by atoms with E-state index in [4.69, 9.17) is 4.42 Å². The summed E-state index contributed by atoms with van der Waals surface area (Å²) in [4.78, 5) is 15.9. The molecule has 2 N–H and O–H groups in total. The van der Waals surface area contributed by atoms with Gasteiger partial charge in [-0.15, -0.1) is 0 Å². The number of hydrogen-bond donors (Lipinski definition) is 2. The van der Waals surface area contributed by atoms with E-state index in [9.17, 15) is 4.79 Å². The van der Waals surface area contributed by atoms with Crippen LogP contribution in [0.2, 0.25) is 0 Å². The van der Waals surface area contributed by atoms with Crippen molar-refractivity contribution in [2.24, 2.45) is 0 Å². The lowest BCUT2D eigenvalue weighted by Crippen LogP contribution is -2.21. The zero-order valence-corrected chi connectivity index (χ0v) is 12.7. The minimum absolute atomic E-state index is 0.0966. The number of benzene rings is 2. The molecule has 5 heteroatoms. The van der Waals surface area contributed by atoms with Crippen molar-refractivity contribution in [3.63, 3.8) is 0 Å². The first-order chi connectivity index (χ1) is 11.2. The lowest BCUT2D eigenvalue weighted by atomic mass is 10.1. The molecule has 0 unspecified atom stereocenters. The van der Waals surface area contributed by atoms with Gasteiger partial charge in [0.2, 0.25) is 5.91 Å². The van der Waals surface area contributed by atoms with Gasteiger partial charge < -0.3 is 15.1 Å². The van der Waals surface area contributed by atoms with Crippen molar-refractivity contribution in [2.45, 2.75) is 6.92 Å². The lowest BCUT2D eigenvalue weighted by Gasteiger charge is -2.10. The zero-order chi connectivity index (χ0) is 16.1. The van der Waals surface area contributed by atoms with Crippen LogP contribution in [-0.4, -0.2) is 17.4 Å². The summed E-state index contributed by atoms with van der Waals surface area (Å²) in [6.07, 6.45) is 3.07. The topological polar surface area (TPSA) is 67.2 Å². The largest absolute Gasteiger partial charge is 0.444 e. The van der Waals surface area contributed by atoms with Gasteiger partial charge in [0.25, 0.3) is 0 Å². The van der Waals surface area contributed by atoms with E-state index >= 15 is 0 Å². The molecule has 0 aliphatic carbocycles. The molecular weight excluding hydrogens is 290 g/mol. The molecule has 0 fully saturated rings.